The Morgan fingerprint density at radius 2 is 2.14 bits per heavy atom. The number of aliphatic imine (C=N–C) groups is 1. The Hall–Kier alpha value is -2.59. The van der Waals surface area contributed by atoms with Gasteiger partial charge in [-0.05, 0) is 13.8 Å². The number of aromatic nitrogens is 3. The van der Waals surface area contributed by atoms with Crippen molar-refractivity contribution >= 4 is 50.7 Å². The van der Waals surface area contributed by atoms with E-state index in [0.717, 1.165) is 0 Å². The van der Waals surface area contributed by atoms with Gasteiger partial charge in [0, 0.05) is 45.1 Å². The predicted molar refractivity (Wildman–Crippen MR) is 158 cm³/mol. The SMILES string of the molecule is COCO[C@@H]1C[C@H](n2cc(C#CCOCSSC(C)(C)CNC(=O)C(F)(F)F)c3c(N=CN(C)C)ncnc32)O[C@@H]1CO. The number of aliphatic hydroxyl groups is 1. The zero-order valence-electron chi connectivity index (χ0n) is 24.4. The number of ether oxygens (including phenoxy) is 4. The maximum absolute atomic E-state index is 12.4. The molecule has 43 heavy (non-hydrogen) atoms. The van der Waals surface area contributed by atoms with Crippen molar-refractivity contribution in [3.05, 3.63) is 18.1 Å². The van der Waals surface area contributed by atoms with Crippen LogP contribution in [0.2, 0.25) is 0 Å². The lowest BCUT2D eigenvalue weighted by Gasteiger charge is -2.23. The van der Waals surface area contributed by atoms with Crippen LogP contribution in [0.3, 0.4) is 0 Å². The molecule has 0 aromatic carbocycles. The second-order valence-electron chi connectivity index (χ2n) is 10.1. The number of nitrogens with zero attached hydrogens (tertiary/aromatic N) is 5. The second-order valence-corrected chi connectivity index (χ2v) is 13.1. The fourth-order valence-electron chi connectivity index (χ4n) is 3.88. The van der Waals surface area contributed by atoms with Crippen LogP contribution in [-0.2, 0) is 23.7 Å². The van der Waals surface area contributed by atoms with Crippen molar-refractivity contribution in [2.75, 3.05) is 53.7 Å². The summed E-state index contributed by atoms with van der Waals surface area (Å²) < 4.78 is 60.8. The normalized spacial score (nSPS) is 19.1. The molecule has 0 saturated carbocycles. The first-order valence-corrected chi connectivity index (χ1v) is 15.3. The second kappa shape index (κ2) is 15.9. The summed E-state index contributed by atoms with van der Waals surface area (Å²) in [5.41, 5.74) is 1.14. The van der Waals surface area contributed by atoms with Crippen molar-refractivity contribution in [1.29, 1.82) is 0 Å². The van der Waals surface area contributed by atoms with E-state index in [-0.39, 0.29) is 38.6 Å². The van der Waals surface area contributed by atoms with Crippen LogP contribution < -0.4 is 5.32 Å². The molecule has 0 aliphatic carbocycles. The Morgan fingerprint density at radius 1 is 1.37 bits per heavy atom. The lowest BCUT2D eigenvalue weighted by Crippen LogP contribution is -2.42. The van der Waals surface area contributed by atoms with Gasteiger partial charge in [0.1, 0.15) is 43.6 Å². The number of methoxy groups -OCH3 is 1. The third-order valence-electron chi connectivity index (χ3n) is 5.82. The molecule has 3 atom stereocenters. The lowest BCUT2D eigenvalue weighted by atomic mass is 10.2. The minimum Gasteiger partial charge on any atom is -0.394 e. The molecule has 1 amide bonds. The minimum atomic E-state index is -4.92. The molecule has 2 aromatic rings. The predicted octanol–water partition coefficient (Wildman–Crippen LogP) is 3.09. The van der Waals surface area contributed by atoms with Gasteiger partial charge in [-0.3, -0.25) is 4.79 Å². The summed E-state index contributed by atoms with van der Waals surface area (Å²) in [4.78, 5) is 26.1. The number of rotatable bonds is 14. The molecule has 1 aliphatic rings. The number of alkyl halides is 3. The number of hydrogen-bond acceptors (Lipinski definition) is 11. The number of amides is 1. The van der Waals surface area contributed by atoms with Gasteiger partial charge in [-0.2, -0.15) is 13.2 Å². The molecule has 3 rings (SSSR count). The number of fused-ring (bicyclic) bond motifs is 1. The maximum atomic E-state index is 12.4. The van der Waals surface area contributed by atoms with E-state index >= 15 is 0 Å². The molecule has 0 spiro atoms. The molecule has 3 heterocycles. The van der Waals surface area contributed by atoms with E-state index in [1.807, 2.05) is 24.0 Å². The third kappa shape index (κ3) is 10.2. The molecule has 1 aliphatic heterocycles. The van der Waals surface area contributed by atoms with Gasteiger partial charge in [0.15, 0.2) is 5.82 Å². The van der Waals surface area contributed by atoms with Crippen LogP contribution in [0.15, 0.2) is 17.5 Å². The highest BCUT2D eigenvalue weighted by Crippen LogP contribution is 2.37. The Morgan fingerprint density at radius 3 is 2.81 bits per heavy atom. The van der Waals surface area contributed by atoms with Gasteiger partial charge in [0.2, 0.25) is 0 Å². The van der Waals surface area contributed by atoms with E-state index < -0.39 is 29.2 Å². The highest BCUT2D eigenvalue weighted by atomic mass is 33.1. The van der Waals surface area contributed by atoms with Crippen LogP contribution in [-0.4, -0.2) is 114 Å². The molecule has 12 nitrogen and oxygen atoms in total. The number of nitrogens with one attached hydrogen (secondary N) is 1. The van der Waals surface area contributed by atoms with E-state index in [1.165, 1.54) is 35.0 Å². The van der Waals surface area contributed by atoms with Crippen molar-refractivity contribution < 1.29 is 42.0 Å². The first kappa shape index (κ1) is 34.9. The molecule has 1 saturated heterocycles. The minimum absolute atomic E-state index is 0.0644. The standard InChI is InChI=1S/C26H35F3N6O6S2/c1-25(2,12-30-24(37)26(27,28)29)43-42-16-39-8-6-7-17-10-35(20-9-18(40-15-38-5)19(11-36)41-20)23-21(17)22(31-13-32-23)33-14-34(3)4/h10,13-14,18-20,36H,8-9,11-12,15-16H2,1-5H3,(H,30,37)/t18-,19-,20-/m1/s1. The molecule has 1 fully saturated rings. The molecule has 0 bridgehead atoms. The first-order chi connectivity index (χ1) is 20.4. The van der Waals surface area contributed by atoms with Gasteiger partial charge >= 0.3 is 12.1 Å². The third-order valence-corrected chi connectivity index (χ3v) is 8.79. The average Bonchev–Trinajstić information content (AvgIpc) is 3.54. The summed E-state index contributed by atoms with van der Waals surface area (Å²) in [6, 6.07) is 0. The van der Waals surface area contributed by atoms with E-state index in [4.69, 9.17) is 18.9 Å². The van der Waals surface area contributed by atoms with Gasteiger partial charge in [-0.1, -0.05) is 33.4 Å². The van der Waals surface area contributed by atoms with E-state index in [9.17, 15) is 23.1 Å². The van der Waals surface area contributed by atoms with Gasteiger partial charge in [0.25, 0.3) is 0 Å². The Labute approximate surface area is 255 Å². The number of carbonyl (C=O) groups is 1. The van der Waals surface area contributed by atoms with Crippen LogP contribution >= 0.6 is 21.6 Å². The van der Waals surface area contributed by atoms with E-state index in [1.54, 1.807) is 31.3 Å². The fraction of sp³-hybridized carbons (Fsp3) is 0.615. The summed E-state index contributed by atoms with van der Waals surface area (Å²) in [5, 5.41) is 12.3. The zero-order chi connectivity index (χ0) is 31.6. The van der Waals surface area contributed by atoms with Gasteiger partial charge in [0.05, 0.1) is 30.0 Å². The van der Waals surface area contributed by atoms with Crippen LogP contribution in [0, 0.1) is 11.8 Å². The van der Waals surface area contributed by atoms with Crippen LogP contribution in [0.5, 0.6) is 0 Å². The molecule has 17 heteroatoms. The number of halogens is 3. The molecule has 2 N–H and O–H groups in total. The quantitative estimate of drug-likeness (QED) is 0.0782. The monoisotopic (exact) mass is 648 g/mol. The summed E-state index contributed by atoms with van der Waals surface area (Å²) in [7, 11) is 7.78. The van der Waals surface area contributed by atoms with Crippen LogP contribution in [0.1, 0.15) is 32.1 Å². The number of hydrogen-bond donors (Lipinski definition) is 2. The Kier molecular flexibility index (Phi) is 12.9. The average molecular weight is 649 g/mol. The van der Waals surface area contributed by atoms with Gasteiger partial charge in [-0.25, -0.2) is 15.0 Å². The van der Waals surface area contributed by atoms with Crippen molar-refractivity contribution in [2.24, 2.45) is 4.99 Å². The lowest BCUT2D eigenvalue weighted by molar-refractivity contribution is -0.173. The fourth-order valence-corrected chi connectivity index (χ4v) is 6.01. The molecular weight excluding hydrogens is 613 g/mol. The molecule has 238 valence electrons. The first-order valence-electron chi connectivity index (χ1n) is 13.0. The summed E-state index contributed by atoms with van der Waals surface area (Å²) in [6.45, 7) is 3.20. The van der Waals surface area contributed by atoms with Crippen LogP contribution in [0.25, 0.3) is 11.0 Å². The smallest absolute Gasteiger partial charge is 0.394 e. The van der Waals surface area contributed by atoms with Crippen molar-refractivity contribution in [3.63, 3.8) is 0 Å². The summed E-state index contributed by atoms with van der Waals surface area (Å²) in [5.74, 6) is 4.74. The van der Waals surface area contributed by atoms with E-state index in [2.05, 4.69) is 26.8 Å². The summed E-state index contributed by atoms with van der Waals surface area (Å²) >= 11 is 0. The Balaban J connectivity index is 1.69. The highest BCUT2D eigenvalue weighted by Gasteiger charge is 2.39. The molecule has 2 aromatic heterocycles. The van der Waals surface area contributed by atoms with Gasteiger partial charge < -0.3 is 38.8 Å². The highest BCUT2D eigenvalue weighted by molar-refractivity contribution is 8.77. The van der Waals surface area contributed by atoms with E-state index in [0.29, 0.717) is 28.8 Å². The van der Waals surface area contributed by atoms with Gasteiger partial charge in [-0.15, -0.1) is 0 Å². The Bertz CT molecular complexity index is 1310. The van der Waals surface area contributed by atoms with Crippen molar-refractivity contribution in [2.45, 2.75) is 49.6 Å². The largest absolute Gasteiger partial charge is 0.471 e. The topological polar surface area (TPSA) is 133 Å². The zero-order valence-corrected chi connectivity index (χ0v) is 26.0. The number of carbonyl (C=O) groups excluding carboxylic acids is 1. The molecule has 0 radical (unpaired) electrons. The molecule has 0 unspecified atom stereocenters. The molecular formula is C26H35F3N6O6S2. The maximum Gasteiger partial charge on any atom is 0.471 e. The van der Waals surface area contributed by atoms with Crippen molar-refractivity contribution in [3.8, 4) is 11.8 Å². The number of aliphatic hydroxyl groups excluding tert-OH is 1. The van der Waals surface area contributed by atoms with Crippen molar-refractivity contribution in [1.82, 2.24) is 24.8 Å². The summed E-state index contributed by atoms with van der Waals surface area (Å²) in [6.07, 6.45) is -1.08. The van der Waals surface area contributed by atoms with Crippen LogP contribution in [0.4, 0.5) is 19.0 Å².